The third-order valence-corrected chi connectivity index (χ3v) is 3.74. The first-order valence-electron chi connectivity index (χ1n) is 7.46. The lowest BCUT2D eigenvalue weighted by atomic mass is 9.73. The zero-order chi connectivity index (χ0) is 15.0. The first-order valence-corrected chi connectivity index (χ1v) is 7.46. The molecule has 0 aliphatic carbocycles. The largest absolute Gasteiger partial charge is 0.356 e. The molecule has 0 bridgehead atoms. The number of amides is 1. The maximum absolute atomic E-state index is 12.6. The second-order valence-corrected chi connectivity index (χ2v) is 5.13. The maximum atomic E-state index is 12.6. The molecular weight excluding hydrogens is 250 g/mol. The van der Waals surface area contributed by atoms with E-state index in [2.05, 4.69) is 5.32 Å². The van der Waals surface area contributed by atoms with Crippen molar-refractivity contribution < 1.29 is 9.59 Å². The number of ketones is 1. The number of carbonyl (C=O) groups is 2. The van der Waals surface area contributed by atoms with E-state index >= 15 is 0 Å². The van der Waals surface area contributed by atoms with Crippen LogP contribution in [0, 0.1) is 5.41 Å². The van der Waals surface area contributed by atoms with Crippen molar-refractivity contribution in [2.24, 2.45) is 5.41 Å². The third kappa shape index (κ3) is 3.69. The Morgan fingerprint density at radius 2 is 1.75 bits per heavy atom. The zero-order valence-electron chi connectivity index (χ0n) is 12.7. The lowest BCUT2D eigenvalue weighted by molar-refractivity contribution is -0.142. The Hall–Kier alpha value is -1.64. The van der Waals surface area contributed by atoms with Gasteiger partial charge in [-0.3, -0.25) is 9.59 Å². The van der Waals surface area contributed by atoms with E-state index in [1.165, 1.54) is 0 Å². The van der Waals surface area contributed by atoms with Crippen molar-refractivity contribution in [3.05, 3.63) is 35.9 Å². The first kappa shape index (κ1) is 16.4. The number of hydrogen-bond donors (Lipinski definition) is 1. The summed E-state index contributed by atoms with van der Waals surface area (Å²) in [4.78, 5) is 25.0. The van der Waals surface area contributed by atoms with Crippen LogP contribution in [-0.2, 0) is 16.0 Å². The van der Waals surface area contributed by atoms with Crippen molar-refractivity contribution in [2.45, 2.75) is 46.5 Å². The Kier molecular flexibility index (Phi) is 6.43. The van der Waals surface area contributed by atoms with Crippen LogP contribution < -0.4 is 5.32 Å². The van der Waals surface area contributed by atoms with Gasteiger partial charge in [0.25, 0.3) is 0 Å². The highest BCUT2D eigenvalue weighted by molar-refractivity contribution is 6.06. The molecule has 0 aliphatic rings. The van der Waals surface area contributed by atoms with Gasteiger partial charge in [0.05, 0.1) is 0 Å². The van der Waals surface area contributed by atoms with Crippen LogP contribution in [0.1, 0.15) is 45.6 Å². The molecule has 3 nitrogen and oxygen atoms in total. The molecule has 0 saturated heterocycles. The van der Waals surface area contributed by atoms with Gasteiger partial charge >= 0.3 is 0 Å². The van der Waals surface area contributed by atoms with Crippen molar-refractivity contribution in [2.75, 3.05) is 6.54 Å². The van der Waals surface area contributed by atoms with Gasteiger partial charge in [0, 0.05) is 13.0 Å². The van der Waals surface area contributed by atoms with Gasteiger partial charge in [0.2, 0.25) is 5.91 Å². The Morgan fingerprint density at radius 1 is 1.10 bits per heavy atom. The number of hydrogen-bond acceptors (Lipinski definition) is 2. The van der Waals surface area contributed by atoms with E-state index < -0.39 is 5.41 Å². The van der Waals surface area contributed by atoms with Gasteiger partial charge in [0.1, 0.15) is 11.2 Å². The molecule has 1 aromatic rings. The predicted octanol–water partition coefficient (Wildman–Crippen LogP) is 3.13. The van der Waals surface area contributed by atoms with Crippen molar-refractivity contribution in [1.29, 1.82) is 0 Å². The Morgan fingerprint density at radius 3 is 2.25 bits per heavy atom. The van der Waals surface area contributed by atoms with Crippen molar-refractivity contribution in [1.82, 2.24) is 5.32 Å². The third-order valence-electron chi connectivity index (χ3n) is 3.74. The minimum atomic E-state index is -0.923. The van der Waals surface area contributed by atoms with Gasteiger partial charge in [-0.25, -0.2) is 0 Å². The summed E-state index contributed by atoms with van der Waals surface area (Å²) >= 11 is 0. The molecule has 0 spiro atoms. The SMILES string of the molecule is CCCC(=O)C(CC)(Cc1ccccc1)C(=O)NCC. The first-order chi connectivity index (χ1) is 9.60. The van der Waals surface area contributed by atoms with Gasteiger partial charge in [-0.15, -0.1) is 0 Å². The molecule has 0 radical (unpaired) electrons. The number of rotatable bonds is 8. The van der Waals surface area contributed by atoms with Crippen LogP contribution in [0.15, 0.2) is 30.3 Å². The molecule has 3 heteroatoms. The molecule has 1 amide bonds. The summed E-state index contributed by atoms with van der Waals surface area (Å²) < 4.78 is 0. The topological polar surface area (TPSA) is 46.2 Å². The van der Waals surface area contributed by atoms with Gasteiger partial charge in [0.15, 0.2) is 0 Å². The van der Waals surface area contributed by atoms with Crippen LogP contribution in [0.5, 0.6) is 0 Å². The quantitative estimate of drug-likeness (QED) is 0.741. The fourth-order valence-electron chi connectivity index (χ4n) is 2.53. The smallest absolute Gasteiger partial charge is 0.234 e. The molecule has 1 unspecified atom stereocenters. The zero-order valence-corrected chi connectivity index (χ0v) is 12.7. The number of carbonyl (C=O) groups excluding carboxylic acids is 2. The highest BCUT2D eigenvalue weighted by atomic mass is 16.2. The normalized spacial score (nSPS) is 13.6. The molecule has 0 heterocycles. The number of Topliss-reactive ketones (excluding diaryl/α,β-unsaturated/α-hetero) is 1. The molecule has 1 N–H and O–H groups in total. The van der Waals surface area contributed by atoms with Crippen molar-refractivity contribution >= 4 is 11.7 Å². The molecule has 20 heavy (non-hydrogen) atoms. The highest BCUT2D eigenvalue weighted by Gasteiger charge is 2.42. The Labute approximate surface area is 121 Å². The second kappa shape index (κ2) is 7.83. The van der Waals surface area contributed by atoms with Gasteiger partial charge in [-0.2, -0.15) is 0 Å². The van der Waals surface area contributed by atoms with Crippen LogP contribution in [0.2, 0.25) is 0 Å². The van der Waals surface area contributed by atoms with Gasteiger partial charge < -0.3 is 5.32 Å². The fourth-order valence-corrected chi connectivity index (χ4v) is 2.53. The molecule has 0 saturated carbocycles. The summed E-state index contributed by atoms with van der Waals surface area (Å²) in [6.45, 7) is 6.32. The van der Waals surface area contributed by atoms with Crippen LogP contribution in [0.25, 0.3) is 0 Å². The molecule has 1 rings (SSSR count). The van der Waals surface area contributed by atoms with E-state index in [1.807, 2.05) is 51.1 Å². The average molecular weight is 275 g/mol. The molecule has 110 valence electrons. The van der Waals surface area contributed by atoms with E-state index in [0.717, 1.165) is 12.0 Å². The van der Waals surface area contributed by atoms with Crippen molar-refractivity contribution in [3.63, 3.8) is 0 Å². The average Bonchev–Trinajstić information content (AvgIpc) is 2.46. The van der Waals surface area contributed by atoms with Crippen molar-refractivity contribution in [3.8, 4) is 0 Å². The maximum Gasteiger partial charge on any atom is 0.234 e. The summed E-state index contributed by atoms with van der Waals surface area (Å²) in [5, 5.41) is 2.84. The molecular formula is C17H25NO2. The Balaban J connectivity index is 3.10. The van der Waals surface area contributed by atoms with Gasteiger partial charge in [-0.1, -0.05) is 44.2 Å². The highest BCUT2D eigenvalue weighted by Crippen LogP contribution is 2.30. The molecule has 0 fully saturated rings. The summed E-state index contributed by atoms with van der Waals surface area (Å²) in [6, 6.07) is 9.78. The monoisotopic (exact) mass is 275 g/mol. The van der Waals surface area contributed by atoms with Gasteiger partial charge in [-0.05, 0) is 31.7 Å². The molecule has 0 aromatic heterocycles. The van der Waals surface area contributed by atoms with Crippen LogP contribution in [-0.4, -0.2) is 18.2 Å². The minimum absolute atomic E-state index is 0.0531. The molecule has 1 aromatic carbocycles. The molecule has 0 aliphatic heterocycles. The summed E-state index contributed by atoms with van der Waals surface area (Å²) in [6.07, 6.45) is 2.24. The van der Waals surface area contributed by atoms with E-state index in [4.69, 9.17) is 0 Å². The van der Waals surface area contributed by atoms with E-state index in [0.29, 0.717) is 25.8 Å². The predicted molar refractivity (Wildman–Crippen MR) is 81.5 cm³/mol. The lowest BCUT2D eigenvalue weighted by Crippen LogP contribution is -2.47. The molecule has 1 atom stereocenters. The Bertz CT molecular complexity index is 422. The standard InChI is InChI=1S/C17H25NO2/c1-4-10-15(19)17(5-2,16(20)18-6-3)13-14-11-8-7-9-12-14/h7-9,11-12H,4-6,10,13H2,1-3H3,(H,18,20). The second-order valence-electron chi connectivity index (χ2n) is 5.13. The number of nitrogens with one attached hydrogen (secondary N) is 1. The van der Waals surface area contributed by atoms with Crippen LogP contribution >= 0.6 is 0 Å². The van der Waals surface area contributed by atoms with E-state index in [9.17, 15) is 9.59 Å². The minimum Gasteiger partial charge on any atom is -0.356 e. The van der Waals surface area contributed by atoms with E-state index in [-0.39, 0.29) is 11.7 Å². The lowest BCUT2D eigenvalue weighted by Gasteiger charge is -2.30. The fraction of sp³-hybridized carbons (Fsp3) is 0.529. The summed E-state index contributed by atoms with van der Waals surface area (Å²) in [7, 11) is 0. The van der Waals surface area contributed by atoms with E-state index in [1.54, 1.807) is 0 Å². The van der Waals surface area contributed by atoms with Crippen LogP contribution in [0.4, 0.5) is 0 Å². The van der Waals surface area contributed by atoms with Crippen LogP contribution in [0.3, 0.4) is 0 Å². The number of benzene rings is 1. The summed E-state index contributed by atoms with van der Waals surface area (Å²) in [5.41, 5.74) is 0.109. The summed E-state index contributed by atoms with van der Waals surface area (Å²) in [5.74, 6) is -0.0814.